The van der Waals surface area contributed by atoms with E-state index in [1.54, 1.807) is 0 Å². The van der Waals surface area contributed by atoms with Gasteiger partial charge in [0.15, 0.2) is 0 Å². The Kier molecular flexibility index (Phi) is 11.9. The molecular formula is C42H42O13Si8. The van der Waals surface area contributed by atoms with Gasteiger partial charge in [0.05, 0.1) is 18.9 Å². The Hall–Kier alpha value is -3.91. The van der Waals surface area contributed by atoms with Crippen LogP contribution < -0.4 is 31.1 Å². The first-order chi connectivity index (χ1) is 30.7. The van der Waals surface area contributed by atoms with Crippen LogP contribution in [0.2, 0.25) is 12.6 Å². The average Bonchev–Trinajstić information content (AvgIpc) is 3.36. The molecule has 6 unspecified atom stereocenters. The van der Waals surface area contributed by atoms with E-state index in [1.165, 1.54) is 6.92 Å². The molecule has 4 fully saturated rings. The van der Waals surface area contributed by atoms with Gasteiger partial charge in [-0.3, -0.25) is 4.79 Å². The summed E-state index contributed by atoms with van der Waals surface area (Å²) in [6.07, 6.45) is 0.0765. The third-order valence-corrected chi connectivity index (χ3v) is 40.4. The van der Waals surface area contributed by atoms with Gasteiger partial charge in [0, 0.05) is 32.9 Å². The van der Waals surface area contributed by atoms with Crippen LogP contribution >= 0.6 is 0 Å². The minimum atomic E-state index is -4.66. The highest BCUT2D eigenvalue weighted by Gasteiger charge is 2.79. The highest BCUT2D eigenvalue weighted by Crippen LogP contribution is 2.43. The van der Waals surface area contributed by atoms with Crippen LogP contribution in [0.25, 0.3) is 0 Å². The molecule has 6 aromatic rings. The lowest BCUT2D eigenvalue weighted by Gasteiger charge is -2.56. The van der Waals surface area contributed by atoms with Gasteiger partial charge in [0.2, 0.25) is 9.04 Å². The zero-order valence-corrected chi connectivity index (χ0v) is 42.2. The summed E-state index contributed by atoms with van der Waals surface area (Å²) in [5.74, 6) is -0.481. The van der Waals surface area contributed by atoms with Crippen molar-refractivity contribution in [3.8, 4) is 0 Å². The molecule has 0 amide bonds. The van der Waals surface area contributed by atoms with Crippen molar-refractivity contribution in [3.63, 3.8) is 0 Å². The molecule has 6 bridgehead atoms. The number of hydrogen-bond donors (Lipinski definition) is 0. The van der Waals surface area contributed by atoms with Crippen molar-refractivity contribution in [2.75, 3.05) is 12.8 Å². The monoisotopic (exact) mass is 978 g/mol. The number of fused-ring (bicyclic) bond motifs is 4. The lowest BCUT2D eigenvalue weighted by Crippen LogP contribution is -2.88. The Bertz CT molecular complexity index is 2520. The first kappa shape index (κ1) is 43.0. The van der Waals surface area contributed by atoms with Gasteiger partial charge in [-0.15, -0.1) is 0 Å². The first-order valence-electron chi connectivity index (χ1n) is 20.4. The summed E-state index contributed by atoms with van der Waals surface area (Å²) in [7, 11) is -31.9. The molecule has 320 valence electrons. The molecule has 4 aliphatic rings. The summed E-state index contributed by atoms with van der Waals surface area (Å²) in [5.41, 5.74) is 0. The topological polar surface area (TPSA) is 128 Å². The van der Waals surface area contributed by atoms with Crippen LogP contribution in [-0.2, 0) is 55.1 Å². The van der Waals surface area contributed by atoms with E-state index in [4.69, 9.17) is 50.3 Å². The molecule has 10 rings (SSSR count). The third-order valence-electron chi connectivity index (χ3n) is 10.5. The molecule has 13 nitrogen and oxygen atoms in total. The van der Waals surface area contributed by atoms with E-state index in [1.807, 2.05) is 189 Å². The second-order valence-electron chi connectivity index (χ2n) is 15.0. The van der Waals surface area contributed by atoms with E-state index >= 15 is 0 Å². The molecule has 6 aromatic carbocycles. The van der Waals surface area contributed by atoms with Crippen molar-refractivity contribution >= 4 is 108 Å². The summed E-state index contributed by atoms with van der Waals surface area (Å²) in [4.78, 5) is 12.5. The molecule has 21 heteroatoms. The number of benzene rings is 6. The van der Waals surface area contributed by atoms with Crippen molar-refractivity contribution in [1.29, 1.82) is 0 Å². The van der Waals surface area contributed by atoms with Crippen LogP contribution in [0.1, 0.15) is 6.92 Å². The number of rotatable bonds is 9. The summed E-state index contributed by atoms with van der Waals surface area (Å²) in [6, 6.07) is 57.4. The van der Waals surface area contributed by atoms with E-state index in [0.717, 1.165) is 0 Å². The lowest BCUT2D eigenvalue weighted by molar-refractivity contribution is -0.140. The van der Waals surface area contributed by atoms with Gasteiger partial charge in [-0.1, -0.05) is 182 Å². The molecule has 0 spiro atoms. The molecule has 63 heavy (non-hydrogen) atoms. The van der Waals surface area contributed by atoms with Gasteiger partial charge in [0.25, 0.3) is 0 Å². The zero-order valence-electron chi connectivity index (χ0n) is 34.2. The zero-order chi connectivity index (χ0) is 43.0. The van der Waals surface area contributed by atoms with E-state index in [2.05, 4.69) is 0 Å². The molecule has 0 N–H and O–H groups in total. The molecule has 4 aliphatic heterocycles. The van der Waals surface area contributed by atoms with Crippen molar-refractivity contribution in [2.24, 2.45) is 0 Å². The fourth-order valence-electron chi connectivity index (χ4n) is 7.71. The fourth-order valence-corrected chi connectivity index (χ4v) is 46.2. The van der Waals surface area contributed by atoms with Gasteiger partial charge in [-0.25, -0.2) is 0 Å². The molecule has 2 radical (unpaired) electrons. The molecule has 0 aliphatic carbocycles. The molecular weight excluding hydrogens is 937 g/mol. The van der Waals surface area contributed by atoms with Crippen LogP contribution in [-0.4, -0.2) is 90.0 Å². The Morgan fingerprint density at radius 3 is 1.33 bits per heavy atom. The number of carbonyl (C=O) groups excluding carboxylic acids is 1. The number of hydrogen-bond acceptors (Lipinski definition) is 13. The Labute approximate surface area is 375 Å². The SMILES string of the molecule is CC(=O)OCC[Si]12O[Si](c3ccccc3)O[Si]3(c4ccccc4)O[Si]4(c5ccccc5)O[Si](C)CO[Si](c5ccccc5)(O1)O[Si](c1ccccc1)(O4)O[Si](c1ccccc1)(O2)O3. The lowest BCUT2D eigenvalue weighted by atomic mass is 10.4. The predicted octanol–water partition coefficient (Wildman–Crippen LogP) is 2.51. The molecule has 6 atom stereocenters. The maximum absolute atomic E-state index is 12.5. The first-order valence-corrected chi connectivity index (χ1v) is 34.4. The quantitative estimate of drug-likeness (QED) is 0.156. The minimum absolute atomic E-state index is 0.0375. The molecule has 4 saturated heterocycles. The average molecular weight is 979 g/mol. The van der Waals surface area contributed by atoms with Crippen molar-refractivity contribution in [3.05, 3.63) is 182 Å². The Morgan fingerprint density at radius 1 is 0.476 bits per heavy atom. The van der Waals surface area contributed by atoms with Gasteiger partial charge in [-0.05, 0) is 11.7 Å². The van der Waals surface area contributed by atoms with Crippen molar-refractivity contribution < 1.29 is 55.1 Å². The van der Waals surface area contributed by atoms with Crippen LogP contribution in [0.4, 0.5) is 0 Å². The summed E-state index contributed by atoms with van der Waals surface area (Å²) < 4.78 is 90.7. The molecule has 0 saturated carbocycles. The predicted molar refractivity (Wildman–Crippen MR) is 247 cm³/mol. The van der Waals surface area contributed by atoms with Gasteiger partial charge < -0.3 is 50.3 Å². The van der Waals surface area contributed by atoms with Crippen LogP contribution in [0.3, 0.4) is 0 Å². The number of carbonyl (C=O) groups is 1. The maximum atomic E-state index is 12.5. The minimum Gasteiger partial charge on any atom is -0.466 e. The molecule has 0 aromatic heterocycles. The second kappa shape index (κ2) is 17.5. The van der Waals surface area contributed by atoms with E-state index in [0.29, 0.717) is 31.1 Å². The Morgan fingerprint density at radius 2 is 0.841 bits per heavy atom. The maximum Gasteiger partial charge on any atom is 0.522 e. The highest BCUT2D eigenvalue weighted by molar-refractivity contribution is 7.08. The van der Waals surface area contributed by atoms with Crippen LogP contribution in [0, 0.1) is 0 Å². The largest absolute Gasteiger partial charge is 0.522 e. The van der Waals surface area contributed by atoms with Gasteiger partial charge in [0.1, 0.15) is 0 Å². The van der Waals surface area contributed by atoms with Crippen molar-refractivity contribution in [1.82, 2.24) is 0 Å². The standard InChI is InChI=1S/C42H42O13Si8/c1-36(43)44-33-34-58-47-57(37-21-9-3-10-22-37)48-61(40-27-15-6-16-28-40)52-60(39-25-13-5-14-26-39)46-56(2)35-45-59(49-58,38-23-11-4-12-24-38)51-63(53-60,42-31-19-8-20-32-42)55-62(50-58,54-61)41-29-17-7-18-30-41/h3-32H,33-35H2,1-2H3. The fraction of sp³-hybridized carbons (Fsp3) is 0.119. The summed E-state index contributed by atoms with van der Waals surface area (Å²) in [6.45, 7) is 3.23. The van der Waals surface area contributed by atoms with E-state index in [-0.39, 0.29) is 18.9 Å². The van der Waals surface area contributed by atoms with E-state index in [9.17, 15) is 4.79 Å². The normalized spacial score (nSPS) is 31.0. The van der Waals surface area contributed by atoms with E-state index < -0.39 is 77.1 Å². The van der Waals surface area contributed by atoms with Crippen LogP contribution in [0.5, 0.6) is 0 Å². The van der Waals surface area contributed by atoms with Gasteiger partial charge >= 0.3 is 68.1 Å². The Balaban J connectivity index is 1.36. The molecule has 4 heterocycles. The third kappa shape index (κ3) is 8.33. The summed E-state index contributed by atoms with van der Waals surface area (Å²) >= 11 is 0. The summed E-state index contributed by atoms with van der Waals surface area (Å²) in [5, 5.41) is 3.71. The highest BCUT2D eigenvalue weighted by atomic mass is 28.6. The van der Waals surface area contributed by atoms with Crippen LogP contribution in [0.15, 0.2) is 182 Å². The van der Waals surface area contributed by atoms with Gasteiger partial charge in [-0.2, -0.15) is 0 Å². The second-order valence-corrected chi connectivity index (χ2v) is 36.7. The smallest absolute Gasteiger partial charge is 0.466 e. The number of ether oxygens (including phenoxy) is 1. The number of esters is 1. The van der Waals surface area contributed by atoms with Crippen molar-refractivity contribution in [2.45, 2.75) is 19.5 Å².